The Morgan fingerprint density at radius 2 is 1.77 bits per heavy atom. The van der Waals surface area contributed by atoms with E-state index in [1.54, 1.807) is 0 Å². The van der Waals surface area contributed by atoms with Crippen LogP contribution in [0.3, 0.4) is 0 Å². The SMILES string of the molecule is CCN1CCN(C2CCC(NC3CC(C4CCCC(NC(=O)C5CC6CCCCCC6S5)C4C)CN(C)C3=O)NC2)CC1. The van der Waals surface area contributed by atoms with E-state index in [2.05, 4.69) is 39.6 Å². The Bertz CT molecular complexity index is 924. The van der Waals surface area contributed by atoms with Crippen LogP contribution in [0, 0.1) is 23.7 Å². The number of thioether (sulfide) groups is 1. The number of likely N-dealkylation sites (N-methyl/N-ethyl adjacent to an activating group) is 2. The zero-order valence-corrected chi connectivity index (χ0v) is 28.1. The van der Waals surface area contributed by atoms with Crippen LogP contribution in [0.5, 0.6) is 0 Å². The summed E-state index contributed by atoms with van der Waals surface area (Å²) in [6.45, 7) is 12.4. The molecule has 244 valence electrons. The molecule has 2 saturated carbocycles. The van der Waals surface area contributed by atoms with Crippen LogP contribution >= 0.6 is 11.8 Å². The minimum Gasteiger partial charge on any atom is -0.352 e. The summed E-state index contributed by atoms with van der Waals surface area (Å²) in [6, 6.07) is 0.763. The fourth-order valence-corrected chi connectivity index (χ4v) is 11.4. The quantitative estimate of drug-likeness (QED) is 0.404. The number of rotatable bonds is 7. The van der Waals surface area contributed by atoms with Crippen molar-refractivity contribution in [1.29, 1.82) is 0 Å². The number of hydrogen-bond acceptors (Lipinski definition) is 7. The molecule has 0 bridgehead atoms. The van der Waals surface area contributed by atoms with Gasteiger partial charge in [-0.3, -0.25) is 19.8 Å². The number of fused-ring (bicyclic) bond motifs is 1. The highest BCUT2D eigenvalue weighted by Gasteiger charge is 2.44. The molecule has 0 radical (unpaired) electrons. The third kappa shape index (κ3) is 7.58. The van der Waals surface area contributed by atoms with Crippen molar-refractivity contribution in [2.45, 2.75) is 126 Å². The summed E-state index contributed by atoms with van der Waals surface area (Å²) in [5, 5.41) is 12.0. The van der Waals surface area contributed by atoms with E-state index in [1.807, 2.05) is 23.7 Å². The minimum absolute atomic E-state index is 0.115. The first-order valence-corrected chi connectivity index (χ1v) is 19.0. The molecule has 4 aliphatic heterocycles. The lowest BCUT2D eigenvalue weighted by molar-refractivity contribution is -0.138. The second kappa shape index (κ2) is 14.7. The van der Waals surface area contributed by atoms with Crippen molar-refractivity contribution >= 4 is 23.6 Å². The lowest BCUT2D eigenvalue weighted by Crippen LogP contribution is -2.62. The van der Waals surface area contributed by atoms with Crippen molar-refractivity contribution in [3.63, 3.8) is 0 Å². The number of hydrogen-bond donors (Lipinski definition) is 3. The van der Waals surface area contributed by atoms with Crippen LogP contribution in [0.4, 0.5) is 0 Å². The average molecular weight is 617 g/mol. The van der Waals surface area contributed by atoms with Gasteiger partial charge in [0.05, 0.1) is 17.5 Å². The average Bonchev–Trinajstić information content (AvgIpc) is 3.31. The number of likely N-dealkylation sites (tertiary alicyclic amines) is 1. The van der Waals surface area contributed by atoms with Gasteiger partial charge in [-0.25, -0.2) is 0 Å². The summed E-state index contributed by atoms with van der Waals surface area (Å²) in [4.78, 5) is 34.0. The van der Waals surface area contributed by atoms with Crippen LogP contribution in [-0.2, 0) is 9.59 Å². The number of piperidine rings is 2. The summed E-state index contributed by atoms with van der Waals surface area (Å²) < 4.78 is 0. The maximum Gasteiger partial charge on any atom is 0.239 e. The van der Waals surface area contributed by atoms with Crippen molar-refractivity contribution in [2.75, 3.05) is 52.9 Å². The molecule has 6 fully saturated rings. The predicted octanol–water partition coefficient (Wildman–Crippen LogP) is 3.51. The highest BCUT2D eigenvalue weighted by molar-refractivity contribution is 8.01. The molecule has 0 spiro atoms. The van der Waals surface area contributed by atoms with E-state index in [1.165, 1.54) is 77.5 Å². The molecule has 10 atom stereocenters. The predicted molar refractivity (Wildman–Crippen MR) is 176 cm³/mol. The minimum atomic E-state index is -0.115. The summed E-state index contributed by atoms with van der Waals surface area (Å²) in [5.74, 6) is 2.78. The maximum absolute atomic E-state index is 13.5. The molecule has 43 heavy (non-hydrogen) atoms. The highest BCUT2D eigenvalue weighted by Crippen LogP contribution is 2.46. The molecule has 6 rings (SSSR count). The van der Waals surface area contributed by atoms with Crippen LogP contribution in [0.15, 0.2) is 0 Å². The first-order chi connectivity index (χ1) is 20.9. The smallest absolute Gasteiger partial charge is 0.239 e. The normalized spacial score (nSPS) is 41.9. The van der Waals surface area contributed by atoms with Gasteiger partial charge in [-0.1, -0.05) is 39.5 Å². The largest absolute Gasteiger partial charge is 0.352 e. The Kier molecular flexibility index (Phi) is 11.0. The Morgan fingerprint density at radius 1 is 0.953 bits per heavy atom. The second-order valence-electron chi connectivity index (χ2n) is 15.0. The van der Waals surface area contributed by atoms with Gasteiger partial charge in [-0.15, -0.1) is 11.8 Å². The molecule has 10 unspecified atom stereocenters. The third-order valence-electron chi connectivity index (χ3n) is 12.4. The van der Waals surface area contributed by atoms with E-state index < -0.39 is 0 Å². The second-order valence-corrected chi connectivity index (χ2v) is 16.4. The molecule has 2 aliphatic carbocycles. The van der Waals surface area contributed by atoms with Gasteiger partial charge in [-0.2, -0.15) is 0 Å². The summed E-state index contributed by atoms with van der Waals surface area (Å²) in [6.07, 6.45) is 14.6. The first-order valence-electron chi connectivity index (χ1n) is 18.1. The molecule has 0 aromatic heterocycles. The van der Waals surface area contributed by atoms with E-state index in [-0.39, 0.29) is 29.4 Å². The van der Waals surface area contributed by atoms with Crippen LogP contribution in [0.25, 0.3) is 0 Å². The molecule has 0 aromatic rings. The molecular weight excluding hydrogens is 556 g/mol. The van der Waals surface area contributed by atoms with Crippen molar-refractivity contribution in [1.82, 2.24) is 30.7 Å². The van der Waals surface area contributed by atoms with Crippen molar-refractivity contribution in [3.05, 3.63) is 0 Å². The number of piperazine rings is 1. The highest BCUT2D eigenvalue weighted by atomic mass is 32.2. The van der Waals surface area contributed by atoms with E-state index in [0.29, 0.717) is 35.0 Å². The molecule has 2 amide bonds. The third-order valence-corrected chi connectivity index (χ3v) is 14.1. The molecule has 8 nitrogen and oxygen atoms in total. The monoisotopic (exact) mass is 616 g/mol. The van der Waals surface area contributed by atoms with Gasteiger partial charge in [0.25, 0.3) is 0 Å². The van der Waals surface area contributed by atoms with Crippen LogP contribution in [0.2, 0.25) is 0 Å². The Hall–Kier alpha value is -0.870. The van der Waals surface area contributed by atoms with Gasteiger partial charge in [0, 0.05) is 63.6 Å². The number of nitrogens with zero attached hydrogens (tertiary/aromatic N) is 3. The Labute approximate surface area is 265 Å². The van der Waals surface area contributed by atoms with E-state index in [0.717, 1.165) is 51.2 Å². The van der Waals surface area contributed by atoms with Gasteiger partial charge in [0.2, 0.25) is 11.8 Å². The van der Waals surface area contributed by atoms with Crippen molar-refractivity contribution in [3.8, 4) is 0 Å². The summed E-state index contributed by atoms with van der Waals surface area (Å²) in [5.41, 5.74) is 0. The van der Waals surface area contributed by atoms with Crippen LogP contribution in [0.1, 0.15) is 90.9 Å². The Morgan fingerprint density at radius 3 is 2.53 bits per heavy atom. The van der Waals surface area contributed by atoms with Gasteiger partial charge in [0.1, 0.15) is 0 Å². The lowest BCUT2D eigenvalue weighted by Gasteiger charge is -2.46. The zero-order chi connectivity index (χ0) is 29.9. The van der Waals surface area contributed by atoms with E-state index in [9.17, 15) is 9.59 Å². The van der Waals surface area contributed by atoms with Gasteiger partial charge in [-0.05, 0) is 81.6 Å². The zero-order valence-electron chi connectivity index (χ0n) is 27.3. The van der Waals surface area contributed by atoms with E-state index >= 15 is 0 Å². The molecule has 4 heterocycles. The van der Waals surface area contributed by atoms with Gasteiger partial charge in [0.15, 0.2) is 0 Å². The van der Waals surface area contributed by atoms with Crippen LogP contribution in [-0.4, -0.2) is 114 Å². The maximum atomic E-state index is 13.5. The number of carbonyl (C=O) groups excluding carboxylic acids is 2. The van der Waals surface area contributed by atoms with Gasteiger partial charge < -0.3 is 20.4 Å². The van der Waals surface area contributed by atoms with Crippen molar-refractivity contribution in [2.24, 2.45) is 23.7 Å². The van der Waals surface area contributed by atoms with E-state index in [4.69, 9.17) is 0 Å². The molecular formula is C34H60N6O2S. The Balaban J connectivity index is 0.993. The topological polar surface area (TPSA) is 80.0 Å². The first kappa shape index (κ1) is 32.1. The van der Waals surface area contributed by atoms with Gasteiger partial charge >= 0.3 is 0 Å². The summed E-state index contributed by atoms with van der Waals surface area (Å²) >= 11 is 1.99. The molecule has 3 N–H and O–H groups in total. The number of amides is 2. The fraction of sp³-hybridized carbons (Fsp3) is 0.941. The molecule has 6 aliphatic rings. The number of carbonyl (C=O) groups is 2. The molecule has 4 saturated heterocycles. The molecule has 9 heteroatoms. The fourth-order valence-electron chi connectivity index (χ4n) is 9.67. The summed E-state index contributed by atoms with van der Waals surface area (Å²) in [7, 11) is 2.00. The van der Waals surface area contributed by atoms with Crippen molar-refractivity contribution < 1.29 is 9.59 Å². The standard InChI is InChI=1S/C34H60N6O2S/c1-4-39-15-17-40(18-16-39)26-13-14-32(35-21-26)36-29-19-25(22-38(3)34(29)42)27-10-8-11-28(23(27)2)37-33(41)31-20-24-9-6-5-7-12-30(24)43-31/h23-32,35-36H,4-22H2,1-3H3,(H,37,41). The van der Waals surface area contributed by atoms with Crippen LogP contribution < -0.4 is 16.0 Å². The molecule has 0 aromatic carbocycles. The lowest BCUT2D eigenvalue weighted by atomic mass is 9.68. The number of nitrogens with one attached hydrogen (secondary N) is 3.